The molecule has 0 radical (unpaired) electrons. The van der Waals surface area contributed by atoms with Gasteiger partial charge in [0.05, 0.1) is 10.1 Å². The molecule has 62 valence electrons. The molecule has 0 aliphatic carbocycles. The predicted molar refractivity (Wildman–Crippen MR) is 58.4 cm³/mol. The molecule has 1 unspecified atom stereocenters. The lowest BCUT2D eigenvalue weighted by molar-refractivity contribution is 1.48. The van der Waals surface area contributed by atoms with Crippen LogP contribution in [0.1, 0.15) is 11.1 Å². The molecule has 0 spiro atoms. The fraction of sp³-hybridized carbons (Fsp3) is 0.222. The number of aryl methyl sites for hydroxylation is 2. The van der Waals surface area contributed by atoms with E-state index in [9.17, 15) is 0 Å². The normalized spacial score (nSPS) is 10.9. The van der Waals surface area contributed by atoms with Gasteiger partial charge in [0.2, 0.25) is 0 Å². The van der Waals surface area contributed by atoms with Gasteiger partial charge in [0.15, 0.2) is 0 Å². The van der Waals surface area contributed by atoms with Crippen molar-refractivity contribution in [3.8, 4) is 0 Å². The minimum absolute atomic E-state index is 1.08. The van der Waals surface area contributed by atoms with Crippen molar-refractivity contribution in [3.05, 3.63) is 23.3 Å². The van der Waals surface area contributed by atoms with Crippen molar-refractivity contribution in [1.29, 1.82) is 0 Å². The van der Waals surface area contributed by atoms with Gasteiger partial charge in [-0.25, -0.2) is 0 Å². The first-order valence-electron chi connectivity index (χ1n) is 3.81. The number of hydrogen-bond donors (Lipinski definition) is 0. The molecule has 0 fully saturated rings. The van der Waals surface area contributed by atoms with Crippen molar-refractivity contribution in [3.63, 3.8) is 0 Å². The van der Waals surface area contributed by atoms with Crippen molar-refractivity contribution in [2.24, 2.45) is 0 Å². The highest BCUT2D eigenvalue weighted by Gasteiger charge is 2.06. The molecule has 1 nitrogen and oxygen atoms in total. The Morgan fingerprint density at radius 3 is 2.58 bits per heavy atom. The molecule has 1 heterocycles. The van der Waals surface area contributed by atoms with Gasteiger partial charge < -0.3 is 0 Å². The Balaban J connectivity index is 2.98. The average molecular weight is 195 g/mol. The molecule has 0 bridgehead atoms. The fourth-order valence-electron chi connectivity index (χ4n) is 1.36. The second-order valence-electron chi connectivity index (χ2n) is 2.97. The summed E-state index contributed by atoms with van der Waals surface area (Å²) in [5.74, 6) is 0. The first kappa shape index (κ1) is 8.15. The summed E-state index contributed by atoms with van der Waals surface area (Å²) in [7, 11) is 2.69. The van der Waals surface area contributed by atoms with Gasteiger partial charge in [-0.3, -0.25) is 0 Å². The third kappa shape index (κ3) is 1.07. The quantitative estimate of drug-likeness (QED) is 0.588. The van der Waals surface area contributed by atoms with E-state index in [0.717, 1.165) is 5.44 Å². The van der Waals surface area contributed by atoms with Crippen LogP contribution >= 0.6 is 20.8 Å². The van der Waals surface area contributed by atoms with Crippen LogP contribution in [0.3, 0.4) is 0 Å². The molecular weight excluding hydrogens is 185 g/mol. The molecule has 1 atom stereocenters. The van der Waals surface area contributed by atoms with Crippen LogP contribution in [-0.2, 0) is 0 Å². The SMILES string of the molecule is Cc1ccc(C)c2c(P)nsc12. The van der Waals surface area contributed by atoms with Crippen LogP contribution < -0.4 is 5.44 Å². The standard InChI is InChI=1S/C9H10NPS/c1-5-3-4-6(2)8-7(5)9(11)10-12-8/h3-4H,11H2,1-2H3. The van der Waals surface area contributed by atoms with E-state index in [-0.39, 0.29) is 0 Å². The molecule has 0 N–H and O–H groups in total. The Kier molecular flexibility index (Phi) is 1.90. The third-order valence-electron chi connectivity index (χ3n) is 2.05. The number of benzene rings is 1. The van der Waals surface area contributed by atoms with Gasteiger partial charge in [0.25, 0.3) is 0 Å². The molecule has 2 rings (SSSR count). The minimum Gasteiger partial charge on any atom is -0.192 e. The van der Waals surface area contributed by atoms with Crippen LogP contribution in [0.2, 0.25) is 0 Å². The van der Waals surface area contributed by atoms with Crippen LogP contribution in [0.4, 0.5) is 0 Å². The van der Waals surface area contributed by atoms with Crippen LogP contribution in [0.25, 0.3) is 10.1 Å². The molecule has 0 amide bonds. The Morgan fingerprint density at radius 2 is 1.92 bits per heavy atom. The number of nitrogens with zero attached hydrogens (tertiary/aromatic N) is 1. The summed E-state index contributed by atoms with van der Waals surface area (Å²) in [5.41, 5.74) is 3.72. The van der Waals surface area contributed by atoms with Crippen molar-refractivity contribution in [1.82, 2.24) is 4.37 Å². The minimum atomic E-state index is 1.08. The molecule has 12 heavy (non-hydrogen) atoms. The van der Waals surface area contributed by atoms with E-state index in [1.54, 1.807) is 11.5 Å². The topological polar surface area (TPSA) is 12.9 Å². The molecule has 0 aliphatic heterocycles. The lowest BCUT2D eigenvalue weighted by Crippen LogP contribution is -1.91. The van der Waals surface area contributed by atoms with E-state index in [1.807, 2.05) is 0 Å². The molecule has 0 saturated carbocycles. The molecule has 0 saturated heterocycles. The van der Waals surface area contributed by atoms with E-state index in [4.69, 9.17) is 0 Å². The number of aromatic nitrogens is 1. The first-order valence-corrected chi connectivity index (χ1v) is 5.16. The van der Waals surface area contributed by atoms with E-state index >= 15 is 0 Å². The van der Waals surface area contributed by atoms with Gasteiger partial charge in [-0.1, -0.05) is 21.4 Å². The molecule has 3 heteroatoms. The Morgan fingerprint density at radius 1 is 1.25 bits per heavy atom. The Hall–Kier alpha value is -0.460. The molecule has 1 aromatic carbocycles. The van der Waals surface area contributed by atoms with Crippen LogP contribution in [-0.4, -0.2) is 4.37 Å². The van der Waals surface area contributed by atoms with E-state index in [1.165, 1.54) is 21.2 Å². The van der Waals surface area contributed by atoms with Crippen molar-refractivity contribution in [2.45, 2.75) is 13.8 Å². The van der Waals surface area contributed by atoms with Crippen LogP contribution in [0.15, 0.2) is 12.1 Å². The van der Waals surface area contributed by atoms with Gasteiger partial charge in [0, 0.05) is 5.39 Å². The van der Waals surface area contributed by atoms with E-state index < -0.39 is 0 Å². The van der Waals surface area contributed by atoms with E-state index in [0.29, 0.717) is 0 Å². The smallest absolute Gasteiger partial charge is 0.0787 e. The van der Waals surface area contributed by atoms with Gasteiger partial charge >= 0.3 is 0 Å². The highest BCUT2D eigenvalue weighted by molar-refractivity contribution is 7.30. The van der Waals surface area contributed by atoms with Gasteiger partial charge in [-0.15, -0.1) is 0 Å². The van der Waals surface area contributed by atoms with Gasteiger partial charge in [0.1, 0.15) is 0 Å². The zero-order chi connectivity index (χ0) is 8.72. The summed E-state index contributed by atoms with van der Waals surface area (Å²) >= 11 is 1.58. The first-order chi connectivity index (χ1) is 5.70. The summed E-state index contributed by atoms with van der Waals surface area (Å²) in [6.45, 7) is 4.26. The zero-order valence-electron chi connectivity index (χ0n) is 7.09. The van der Waals surface area contributed by atoms with Crippen molar-refractivity contribution >= 4 is 36.3 Å². The summed E-state index contributed by atoms with van der Waals surface area (Å²) in [4.78, 5) is 0. The molecule has 1 aromatic heterocycles. The number of fused-ring (bicyclic) bond motifs is 1. The third-order valence-corrected chi connectivity index (χ3v) is 3.66. The van der Waals surface area contributed by atoms with E-state index in [2.05, 4.69) is 39.6 Å². The molecule has 0 aliphatic rings. The molecule has 2 aromatic rings. The Bertz CT molecular complexity index is 433. The predicted octanol–water partition coefficient (Wildman–Crippen LogP) is 2.41. The molecular formula is C9H10NPS. The van der Waals surface area contributed by atoms with Crippen LogP contribution in [0.5, 0.6) is 0 Å². The van der Waals surface area contributed by atoms with Crippen molar-refractivity contribution < 1.29 is 0 Å². The fourth-order valence-corrected chi connectivity index (χ4v) is 2.85. The highest BCUT2D eigenvalue weighted by Crippen LogP contribution is 2.24. The van der Waals surface area contributed by atoms with Gasteiger partial charge in [-0.05, 0) is 36.5 Å². The Labute approximate surface area is 78.2 Å². The maximum atomic E-state index is 4.32. The largest absolute Gasteiger partial charge is 0.192 e. The summed E-state index contributed by atoms with van der Waals surface area (Å²) in [6, 6.07) is 4.31. The lowest BCUT2D eigenvalue weighted by Gasteiger charge is -1.98. The highest BCUT2D eigenvalue weighted by atomic mass is 32.1. The van der Waals surface area contributed by atoms with Gasteiger partial charge in [-0.2, -0.15) is 4.37 Å². The summed E-state index contributed by atoms with van der Waals surface area (Å²) in [6.07, 6.45) is 0. The summed E-state index contributed by atoms with van der Waals surface area (Å²) in [5, 5.41) is 1.31. The summed E-state index contributed by atoms with van der Waals surface area (Å²) < 4.78 is 5.64. The number of hydrogen-bond acceptors (Lipinski definition) is 2. The maximum Gasteiger partial charge on any atom is 0.0787 e. The lowest BCUT2D eigenvalue weighted by atomic mass is 10.1. The second-order valence-corrected chi connectivity index (χ2v) is 4.29. The number of rotatable bonds is 0. The van der Waals surface area contributed by atoms with Crippen molar-refractivity contribution in [2.75, 3.05) is 0 Å². The monoisotopic (exact) mass is 195 g/mol. The zero-order valence-corrected chi connectivity index (χ0v) is 9.06. The average Bonchev–Trinajstić information content (AvgIpc) is 2.42. The maximum absolute atomic E-state index is 4.32. The van der Waals surface area contributed by atoms with Crippen LogP contribution in [0, 0.1) is 13.8 Å². The second kappa shape index (κ2) is 2.79.